The molecule has 6 heteroatoms. The molecule has 0 radical (unpaired) electrons. The van der Waals surface area contributed by atoms with Gasteiger partial charge in [-0.25, -0.2) is 0 Å². The molecule has 0 heterocycles. The fourth-order valence-corrected chi connectivity index (χ4v) is 2.28. The first-order valence-corrected chi connectivity index (χ1v) is 9.51. The number of benzene rings is 2. The van der Waals surface area contributed by atoms with Crippen LogP contribution in [-0.4, -0.2) is 25.0 Å². The quantitative estimate of drug-likeness (QED) is 0.601. The van der Waals surface area contributed by atoms with Crippen LogP contribution in [0.2, 0.25) is 0 Å². The van der Waals surface area contributed by atoms with Crippen LogP contribution in [0.15, 0.2) is 48.5 Å². The lowest BCUT2D eigenvalue weighted by Gasteiger charge is -2.12. The lowest BCUT2D eigenvalue weighted by Crippen LogP contribution is -2.22. The van der Waals surface area contributed by atoms with Gasteiger partial charge in [0, 0.05) is 23.0 Å². The third-order valence-corrected chi connectivity index (χ3v) is 3.83. The van der Waals surface area contributed by atoms with E-state index in [1.807, 2.05) is 38.1 Å². The monoisotopic (exact) mass is 383 g/mol. The van der Waals surface area contributed by atoms with Crippen molar-refractivity contribution >= 4 is 28.9 Å². The van der Waals surface area contributed by atoms with Crippen LogP contribution >= 0.6 is 0 Å². The molecule has 0 atom stereocenters. The maximum absolute atomic E-state index is 12.2. The summed E-state index contributed by atoms with van der Waals surface area (Å²) in [6.45, 7) is 8.66. The van der Waals surface area contributed by atoms with Gasteiger partial charge in [-0.2, -0.15) is 0 Å². The van der Waals surface area contributed by atoms with Crippen molar-refractivity contribution < 1.29 is 14.3 Å². The number of nitrogens with one attached hydrogen (secondary N) is 3. The minimum atomic E-state index is -0.174. The SMILES string of the molecule is CC(C)COc1ccc(NCC(=O)Nc2cccc(NC(=O)C(C)C)c2)cc1. The van der Waals surface area contributed by atoms with Gasteiger partial charge in [0.15, 0.2) is 0 Å². The van der Waals surface area contributed by atoms with Crippen LogP contribution in [0, 0.1) is 11.8 Å². The molecule has 0 aromatic heterocycles. The second-order valence-electron chi connectivity index (χ2n) is 7.36. The van der Waals surface area contributed by atoms with Gasteiger partial charge in [0.1, 0.15) is 5.75 Å². The zero-order chi connectivity index (χ0) is 20.5. The summed E-state index contributed by atoms with van der Waals surface area (Å²) in [7, 11) is 0. The summed E-state index contributed by atoms with van der Waals surface area (Å²) in [6, 6.07) is 14.6. The molecule has 28 heavy (non-hydrogen) atoms. The van der Waals surface area contributed by atoms with Gasteiger partial charge in [-0.05, 0) is 48.4 Å². The van der Waals surface area contributed by atoms with Crippen molar-refractivity contribution in [1.29, 1.82) is 0 Å². The molecule has 0 aliphatic rings. The van der Waals surface area contributed by atoms with Gasteiger partial charge >= 0.3 is 0 Å². The van der Waals surface area contributed by atoms with E-state index in [0.717, 1.165) is 11.4 Å². The number of carbonyl (C=O) groups is 2. The van der Waals surface area contributed by atoms with Gasteiger partial charge in [0.2, 0.25) is 11.8 Å². The van der Waals surface area contributed by atoms with Crippen LogP contribution in [0.5, 0.6) is 5.75 Å². The first kappa shape index (κ1) is 21.3. The lowest BCUT2D eigenvalue weighted by atomic mass is 10.2. The zero-order valence-corrected chi connectivity index (χ0v) is 16.9. The highest BCUT2D eigenvalue weighted by atomic mass is 16.5. The Balaban J connectivity index is 1.83. The number of carbonyl (C=O) groups excluding carboxylic acids is 2. The molecule has 6 nitrogen and oxygen atoms in total. The first-order chi connectivity index (χ1) is 13.3. The Bertz CT molecular complexity index is 786. The minimum Gasteiger partial charge on any atom is -0.493 e. The molecule has 0 fully saturated rings. The summed E-state index contributed by atoms with van der Waals surface area (Å²) >= 11 is 0. The van der Waals surface area contributed by atoms with Crippen LogP contribution in [0.3, 0.4) is 0 Å². The molecule has 0 unspecified atom stereocenters. The minimum absolute atomic E-state index is 0.0639. The van der Waals surface area contributed by atoms with E-state index in [1.54, 1.807) is 24.3 Å². The highest BCUT2D eigenvalue weighted by Crippen LogP contribution is 2.17. The fourth-order valence-electron chi connectivity index (χ4n) is 2.28. The van der Waals surface area contributed by atoms with E-state index < -0.39 is 0 Å². The Morgan fingerprint density at radius 3 is 2.14 bits per heavy atom. The third kappa shape index (κ3) is 7.31. The van der Waals surface area contributed by atoms with Crippen molar-refractivity contribution in [1.82, 2.24) is 0 Å². The highest BCUT2D eigenvalue weighted by molar-refractivity contribution is 5.96. The Hall–Kier alpha value is -3.02. The Kier molecular flexibility index (Phi) is 7.87. The standard InChI is InChI=1S/C22H29N3O3/c1-15(2)14-28-20-10-8-17(9-11-20)23-13-21(26)24-18-6-5-7-19(12-18)25-22(27)16(3)4/h5-12,15-16,23H,13-14H2,1-4H3,(H,24,26)(H,25,27). The van der Waals surface area contributed by atoms with Gasteiger partial charge in [0.05, 0.1) is 13.2 Å². The highest BCUT2D eigenvalue weighted by Gasteiger charge is 2.08. The summed E-state index contributed by atoms with van der Waals surface area (Å²) in [4.78, 5) is 24.0. The molecule has 2 amide bonds. The molecule has 3 N–H and O–H groups in total. The normalized spacial score (nSPS) is 10.6. The molecule has 0 aliphatic carbocycles. The molecule has 0 spiro atoms. The average Bonchev–Trinajstić information content (AvgIpc) is 2.65. The number of ether oxygens (including phenoxy) is 1. The molecular formula is C22H29N3O3. The second-order valence-corrected chi connectivity index (χ2v) is 7.36. The van der Waals surface area contributed by atoms with Crippen LogP contribution in [-0.2, 0) is 9.59 Å². The smallest absolute Gasteiger partial charge is 0.243 e. The lowest BCUT2D eigenvalue weighted by molar-refractivity contribution is -0.119. The van der Waals surface area contributed by atoms with Gasteiger partial charge < -0.3 is 20.7 Å². The van der Waals surface area contributed by atoms with Crippen molar-refractivity contribution in [3.8, 4) is 5.75 Å². The Morgan fingerprint density at radius 1 is 0.893 bits per heavy atom. The van der Waals surface area contributed by atoms with Crippen molar-refractivity contribution in [2.45, 2.75) is 27.7 Å². The third-order valence-electron chi connectivity index (χ3n) is 3.83. The Labute approximate surface area is 166 Å². The number of hydrogen-bond donors (Lipinski definition) is 3. The number of anilines is 3. The molecule has 0 bridgehead atoms. The summed E-state index contributed by atoms with van der Waals surface area (Å²) in [5, 5.41) is 8.72. The fraction of sp³-hybridized carbons (Fsp3) is 0.364. The van der Waals surface area contributed by atoms with Gasteiger partial charge in [-0.1, -0.05) is 33.8 Å². The first-order valence-electron chi connectivity index (χ1n) is 9.51. The van der Waals surface area contributed by atoms with E-state index in [0.29, 0.717) is 23.9 Å². The second kappa shape index (κ2) is 10.3. The van der Waals surface area contributed by atoms with Gasteiger partial charge in [-0.15, -0.1) is 0 Å². The van der Waals surface area contributed by atoms with Crippen LogP contribution in [0.4, 0.5) is 17.1 Å². The van der Waals surface area contributed by atoms with Crippen molar-refractivity contribution in [2.75, 3.05) is 29.1 Å². The number of rotatable bonds is 9. The van der Waals surface area contributed by atoms with Gasteiger partial charge in [-0.3, -0.25) is 9.59 Å². The van der Waals surface area contributed by atoms with E-state index in [4.69, 9.17) is 4.74 Å². The predicted octanol–water partition coefficient (Wildman–Crippen LogP) is 4.37. The summed E-state index contributed by atoms with van der Waals surface area (Å²) in [6.07, 6.45) is 0. The Morgan fingerprint density at radius 2 is 1.54 bits per heavy atom. The van der Waals surface area contributed by atoms with E-state index >= 15 is 0 Å². The van der Waals surface area contributed by atoms with E-state index in [2.05, 4.69) is 29.8 Å². The maximum atomic E-state index is 12.2. The van der Waals surface area contributed by atoms with Crippen LogP contribution in [0.25, 0.3) is 0 Å². The molecule has 2 aromatic carbocycles. The van der Waals surface area contributed by atoms with Crippen LogP contribution in [0.1, 0.15) is 27.7 Å². The van der Waals surface area contributed by atoms with E-state index in [1.165, 1.54) is 0 Å². The topological polar surface area (TPSA) is 79.5 Å². The molecule has 0 saturated heterocycles. The summed E-state index contributed by atoms with van der Waals surface area (Å²) in [5.74, 6) is 0.936. The van der Waals surface area contributed by atoms with Crippen LogP contribution < -0.4 is 20.7 Å². The summed E-state index contributed by atoms with van der Waals surface area (Å²) in [5.41, 5.74) is 2.12. The van der Waals surface area contributed by atoms with E-state index in [-0.39, 0.29) is 24.3 Å². The molecular weight excluding hydrogens is 354 g/mol. The number of amides is 2. The molecule has 2 rings (SSSR count). The molecule has 0 saturated carbocycles. The van der Waals surface area contributed by atoms with Crippen molar-refractivity contribution in [3.05, 3.63) is 48.5 Å². The zero-order valence-electron chi connectivity index (χ0n) is 16.9. The largest absolute Gasteiger partial charge is 0.493 e. The maximum Gasteiger partial charge on any atom is 0.243 e. The number of hydrogen-bond acceptors (Lipinski definition) is 4. The molecule has 0 aliphatic heterocycles. The molecule has 150 valence electrons. The van der Waals surface area contributed by atoms with E-state index in [9.17, 15) is 9.59 Å². The molecule has 2 aromatic rings. The average molecular weight is 383 g/mol. The predicted molar refractivity (Wildman–Crippen MR) is 114 cm³/mol. The van der Waals surface area contributed by atoms with Gasteiger partial charge in [0.25, 0.3) is 0 Å². The van der Waals surface area contributed by atoms with Crippen molar-refractivity contribution in [3.63, 3.8) is 0 Å². The summed E-state index contributed by atoms with van der Waals surface area (Å²) < 4.78 is 5.64. The van der Waals surface area contributed by atoms with Crippen molar-refractivity contribution in [2.24, 2.45) is 11.8 Å².